The van der Waals surface area contributed by atoms with Crippen molar-refractivity contribution in [2.75, 3.05) is 6.61 Å². The average molecular weight is 349 g/mol. The van der Waals surface area contributed by atoms with Crippen LogP contribution in [0.5, 0.6) is 0 Å². The second-order valence-electron chi connectivity index (χ2n) is 7.21. The van der Waals surface area contributed by atoms with Gasteiger partial charge in [-0.15, -0.1) is 0 Å². The van der Waals surface area contributed by atoms with Crippen LogP contribution in [0.2, 0.25) is 0 Å². The molecular weight excluding hydrogens is 330 g/mol. The Labute approximate surface area is 150 Å². The highest BCUT2D eigenvalue weighted by Gasteiger charge is 2.43. The topological polar surface area (TPSA) is 68.5 Å². The van der Waals surface area contributed by atoms with Crippen LogP contribution in [0.4, 0.5) is 0 Å². The molecule has 0 saturated carbocycles. The second-order valence-corrected chi connectivity index (χ2v) is 7.21. The molecule has 1 aromatic heterocycles. The number of ether oxygens (including phenoxy) is 1. The molecule has 3 heterocycles. The quantitative estimate of drug-likeness (QED) is 0.905. The fraction of sp³-hybridized carbons (Fsp3) is 0.333. The predicted octanol–water partition coefficient (Wildman–Crippen LogP) is 2.92. The summed E-state index contributed by atoms with van der Waals surface area (Å²) in [4.78, 5) is 23.8. The highest BCUT2D eigenvalue weighted by atomic mass is 16.5. The maximum Gasteiger partial charge on any atom is 0.341 e. The standard InChI is InChI=1S/C21H19NO4/c1-2-11-3-4-13-12(7-11)8-14-17-9-18(23)15(21(24)25)10-22(17)16-5-6-26-20(16)19(13)14/h3-4,7,9-10,16,20H,2,5-6,8H2,1H3,(H,24,25)/t16-,20+/m1/s1. The molecule has 132 valence electrons. The van der Waals surface area contributed by atoms with E-state index in [1.165, 1.54) is 34.5 Å². The molecule has 1 fully saturated rings. The zero-order valence-corrected chi connectivity index (χ0v) is 14.5. The van der Waals surface area contributed by atoms with Crippen LogP contribution in [0.3, 0.4) is 0 Å². The number of aromatic carboxylic acids is 1. The molecule has 1 aromatic carbocycles. The Morgan fingerprint density at radius 3 is 2.96 bits per heavy atom. The Balaban J connectivity index is 1.75. The third kappa shape index (κ3) is 2.01. The SMILES string of the molecule is CCc1ccc2c(c1)CC1=C2[C@H]2OCC[C@H]2n2cc(C(=O)O)c(=O)cc21. The van der Waals surface area contributed by atoms with Crippen LogP contribution >= 0.6 is 0 Å². The predicted molar refractivity (Wildman–Crippen MR) is 97.4 cm³/mol. The van der Waals surface area contributed by atoms with Crippen molar-refractivity contribution in [1.82, 2.24) is 4.57 Å². The summed E-state index contributed by atoms with van der Waals surface area (Å²) in [5.74, 6) is -1.18. The Hall–Kier alpha value is -2.66. The number of hydrogen-bond acceptors (Lipinski definition) is 3. The average Bonchev–Trinajstić information content (AvgIpc) is 3.24. The van der Waals surface area contributed by atoms with Crippen molar-refractivity contribution >= 4 is 17.1 Å². The number of carbonyl (C=O) groups is 1. The number of carboxylic acid groups (broad SMARTS) is 1. The summed E-state index contributed by atoms with van der Waals surface area (Å²) < 4.78 is 8.03. The molecule has 26 heavy (non-hydrogen) atoms. The Bertz CT molecular complexity index is 1050. The second kappa shape index (κ2) is 5.42. The van der Waals surface area contributed by atoms with Gasteiger partial charge in [0, 0.05) is 31.0 Å². The van der Waals surface area contributed by atoms with Gasteiger partial charge in [0.1, 0.15) is 11.7 Å². The Kier molecular flexibility index (Phi) is 3.25. The molecule has 1 N–H and O–H groups in total. The highest BCUT2D eigenvalue weighted by molar-refractivity contribution is 6.00. The van der Waals surface area contributed by atoms with E-state index in [1.54, 1.807) is 0 Å². The number of hydrogen-bond donors (Lipinski definition) is 1. The minimum absolute atomic E-state index is 0.0410. The van der Waals surface area contributed by atoms with Crippen LogP contribution < -0.4 is 5.43 Å². The zero-order valence-electron chi connectivity index (χ0n) is 14.5. The molecule has 1 aliphatic carbocycles. The molecule has 5 heteroatoms. The van der Waals surface area contributed by atoms with Gasteiger partial charge < -0.3 is 14.4 Å². The molecule has 1 saturated heterocycles. The lowest BCUT2D eigenvalue weighted by atomic mass is 9.89. The number of allylic oxidation sites excluding steroid dienone is 1. The van der Waals surface area contributed by atoms with Gasteiger partial charge in [-0.05, 0) is 40.7 Å². The number of benzene rings is 1. The zero-order chi connectivity index (χ0) is 18.0. The summed E-state index contributed by atoms with van der Waals surface area (Å²) in [7, 11) is 0. The minimum atomic E-state index is -1.18. The van der Waals surface area contributed by atoms with Crippen LogP contribution in [-0.2, 0) is 17.6 Å². The minimum Gasteiger partial charge on any atom is -0.477 e. The van der Waals surface area contributed by atoms with Crippen LogP contribution in [0.25, 0.3) is 11.1 Å². The molecule has 2 atom stereocenters. The molecule has 0 bridgehead atoms. The summed E-state index contributed by atoms with van der Waals surface area (Å²) in [6, 6.07) is 8.12. The molecule has 0 spiro atoms. The summed E-state index contributed by atoms with van der Waals surface area (Å²) in [6.07, 6.45) is 4.00. The first kappa shape index (κ1) is 15.6. The molecule has 0 unspecified atom stereocenters. The number of pyridine rings is 1. The van der Waals surface area contributed by atoms with Gasteiger partial charge in [-0.25, -0.2) is 4.79 Å². The van der Waals surface area contributed by atoms with E-state index in [9.17, 15) is 14.7 Å². The third-order valence-corrected chi connectivity index (χ3v) is 5.88. The molecule has 5 nitrogen and oxygen atoms in total. The van der Waals surface area contributed by atoms with Crippen LogP contribution in [0.15, 0.2) is 35.3 Å². The molecule has 0 radical (unpaired) electrons. The lowest BCUT2D eigenvalue weighted by Crippen LogP contribution is -2.31. The monoisotopic (exact) mass is 349 g/mol. The van der Waals surface area contributed by atoms with E-state index in [-0.39, 0.29) is 17.7 Å². The molecule has 0 amide bonds. The van der Waals surface area contributed by atoms with E-state index >= 15 is 0 Å². The van der Waals surface area contributed by atoms with Crippen LogP contribution in [0.1, 0.15) is 52.1 Å². The molecule has 3 aliphatic rings. The van der Waals surface area contributed by atoms with E-state index in [2.05, 4.69) is 25.1 Å². The summed E-state index contributed by atoms with van der Waals surface area (Å²) >= 11 is 0. The number of rotatable bonds is 2. The van der Waals surface area contributed by atoms with Gasteiger partial charge in [0.15, 0.2) is 5.43 Å². The molecule has 5 rings (SSSR count). The van der Waals surface area contributed by atoms with Gasteiger partial charge >= 0.3 is 5.97 Å². The number of aryl methyl sites for hydroxylation is 1. The van der Waals surface area contributed by atoms with Crippen molar-refractivity contribution in [1.29, 1.82) is 0 Å². The maximum absolute atomic E-state index is 12.3. The summed E-state index contributed by atoms with van der Waals surface area (Å²) in [5.41, 5.74) is 6.31. The fourth-order valence-corrected chi connectivity index (χ4v) is 4.64. The van der Waals surface area contributed by atoms with Gasteiger partial charge in [0.25, 0.3) is 0 Å². The lowest BCUT2D eigenvalue weighted by molar-refractivity contribution is 0.0693. The van der Waals surface area contributed by atoms with Gasteiger partial charge in [-0.3, -0.25) is 4.79 Å². The normalized spacial score (nSPS) is 22.7. The fourth-order valence-electron chi connectivity index (χ4n) is 4.64. The van der Waals surface area contributed by atoms with Crippen molar-refractivity contribution in [2.24, 2.45) is 0 Å². The van der Waals surface area contributed by atoms with Gasteiger partial charge in [-0.2, -0.15) is 0 Å². The third-order valence-electron chi connectivity index (χ3n) is 5.88. The smallest absolute Gasteiger partial charge is 0.341 e. The van der Waals surface area contributed by atoms with Crippen molar-refractivity contribution in [3.8, 4) is 0 Å². The summed E-state index contributed by atoms with van der Waals surface area (Å²) in [6.45, 7) is 2.78. The molecular formula is C21H19NO4. The molecule has 2 aliphatic heterocycles. The van der Waals surface area contributed by atoms with Crippen molar-refractivity contribution < 1.29 is 14.6 Å². The van der Waals surface area contributed by atoms with Gasteiger partial charge in [-0.1, -0.05) is 25.1 Å². The molecule has 2 aromatic rings. The number of fused-ring (bicyclic) bond motifs is 7. The van der Waals surface area contributed by atoms with Crippen LogP contribution in [0, 0.1) is 0 Å². The first-order valence-corrected chi connectivity index (χ1v) is 9.05. The lowest BCUT2D eigenvalue weighted by Gasteiger charge is -2.32. The van der Waals surface area contributed by atoms with E-state index in [4.69, 9.17) is 4.74 Å². The summed E-state index contributed by atoms with van der Waals surface area (Å²) in [5, 5.41) is 9.34. The maximum atomic E-state index is 12.3. The van der Waals surface area contributed by atoms with E-state index < -0.39 is 11.4 Å². The first-order valence-electron chi connectivity index (χ1n) is 9.05. The van der Waals surface area contributed by atoms with Gasteiger partial charge in [0.2, 0.25) is 0 Å². The number of nitrogens with zero attached hydrogens (tertiary/aromatic N) is 1. The van der Waals surface area contributed by atoms with Crippen molar-refractivity contribution in [2.45, 2.75) is 38.3 Å². The van der Waals surface area contributed by atoms with E-state index in [1.807, 2.05) is 4.57 Å². The Morgan fingerprint density at radius 2 is 2.19 bits per heavy atom. The van der Waals surface area contributed by atoms with E-state index in [0.29, 0.717) is 6.61 Å². The van der Waals surface area contributed by atoms with Crippen molar-refractivity contribution in [3.63, 3.8) is 0 Å². The first-order chi connectivity index (χ1) is 12.6. The van der Waals surface area contributed by atoms with Crippen molar-refractivity contribution in [3.05, 3.63) is 68.6 Å². The van der Waals surface area contributed by atoms with Gasteiger partial charge in [0.05, 0.1) is 6.04 Å². The van der Waals surface area contributed by atoms with E-state index in [0.717, 1.165) is 30.5 Å². The number of carboxylic acids is 1. The van der Waals surface area contributed by atoms with Crippen LogP contribution in [-0.4, -0.2) is 28.4 Å². The largest absolute Gasteiger partial charge is 0.477 e. The Morgan fingerprint density at radius 1 is 1.35 bits per heavy atom. The number of aromatic nitrogens is 1. The highest BCUT2D eigenvalue weighted by Crippen LogP contribution is 2.50.